The lowest BCUT2D eigenvalue weighted by molar-refractivity contribution is 0.675. The summed E-state index contributed by atoms with van der Waals surface area (Å²) in [6.45, 7) is 0. The maximum Gasteiger partial charge on any atom is 0.139 e. The van der Waals surface area contributed by atoms with Gasteiger partial charge in [-0.05, 0) is 62.1 Å². The molecule has 5 heteroatoms. The van der Waals surface area contributed by atoms with Gasteiger partial charge in [-0.2, -0.15) is 5.10 Å². The quantitative estimate of drug-likeness (QED) is 0.537. The van der Waals surface area contributed by atoms with Crippen molar-refractivity contribution in [3.63, 3.8) is 0 Å². The third-order valence-electron chi connectivity index (χ3n) is 5.16. The molecule has 0 fully saturated rings. The SMILES string of the molecule is c1ccc(N(c2ccccn2)c2cccc(-c3n[nH]c4c3CCCC4)n2)cc1. The average molecular weight is 367 g/mol. The second-order valence-electron chi connectivity index (χ2n) is 6.98. The van der Waals surface area contributed by atoms with E-state index in [2.05, 4.69) is 32.2 Å². The Labute approximate surface area is 164 Å². The Kier molecular flexibility index (Phi) is 4.33. The predicted molar refractivity (Wildman–Crippen MR) is 111 cm³/mol. The number of aryl methyl sites for hydroxylation is 1. The molecule has 1 aliphatic rings. The molecule has 0 unspecified atom stereocenters. The number of H-pyrrole nitrogens is 1. The summed E-state index contributed by atoms with van der Waals surface area (Å²) in [6.07, 6.45) is 6.38. The number of pyridine rings is 2. The molecule has 0 saturated carbocycles. The van der Waals surface area contributed by atoms with Crippen LogP contribution in [0.4, 0.5) is 17.3 Å². The van der Waals surface area contributed by atoms with Crippen molar-refractivity contribution in [2.75, 3.05) is 4.90 Å². The molecule has 0 amide bonds. The van der Waals surface area contributed by atoms with Crippen LogP contribution < -0.4 is 4.90 Å². The third-order valence-corrected chi connectivity index (χ3v) is 5.16. The minimum absolute atomic E-state index is 0.829. The highest BCUT2D eigenvalue weighted by molar-refractivity contribution is 5.73. The molecule has 5 nitrogen and oxygen atoms in total. The minimum atomic E-state index is 0.829. The van der Waals surface area contributed by atoms with Gasteiger partial charge in [0, 0.05) is 23.1 Å². The number of hydrogen-bond donors (Lipinski definition) is 1. The summed E-state index contributed by atoms with van der Waals surface area (Å²) < 4.78 is 0. The summed E-state index contributed by atoms with van der Waals surface area (Å²) in [5, 5.41) is 7.81. The van der Waals surface area contributed by atoms with Crippen LogP contribution in [0.15, 0.2) is 72.9 Å². The first-order valence-electron chi connectivity index (χ1n) is 9.70. The van der Waals surface area contributed by atoms with Gasteiger partial charge in [0.2, 0.25) is 0 Å². The zero-order valence-corrected chi connectivity index (χ0v) is 15.5. The van der Waals surface area contributed by atoms with Crippen LogP contribution in [0.3, 0.4) is 0 Å². The first kappa shape index (κ1) is 16.7. The van der Waals surface area contributed by atoms with E-state index in [-0.39, 0.29) is 0 Å². The molecule has 5 rings (SSSR count). The first-order valence-corrected chi connectivity index (χ1v) is 9.70. The zero-order chi connectivity index (χ0) is 18.8. The molecule has 1 N–H and O–H groups in total. The van der Waals surface area contributed by atoms with E-state index in [1.54, 1.807) is 6.20 Å². The number of aromatic nitrogens is 4. The highest BCUT2D eigenvalue weighted by Gasteiger charge is 2.20. The molecule has 0 bridgehead atoms. The molecular formula is C23H21N5. The van der Waals surface area contributed by atoms with Crippen molar-refractivity contribution in [1.29, 1.82) is 0 Å². The number of anilines is 3. The largest absolute Gasteiger partial charge is 0.282 e. The van der Waals surface area contributed by atoms with Crippen molar-refractivity contribution in [3.8, 4) is 11.4 Å². The lowest BCUT2D eigenvalue weighted by atomic mass is 9.95. The van der Waals surface area contributed by atoms with Gasteiger partial charge in [-0.15, -0.1) is 0 Å². The number of nitrogens with one attached hydrogen (secondary N) is 1. The fourth-order valence-electron chi connectivity index (χ4n) is 3.82. The van der Waals surface area contributed by atoms with Crippen molar-refractivity contribution in [2.24, 2.45) is 0 Å². The Balaban J connectivity index is 1.61. The first-order chi connectivity index (χ1) is 13.9. The van der Waals surface area contributed by atoms with Gasteiger partial charge in [0.05, 0.1) is 5.69 Å². The van der Waals surface area contributed by atoms with Gasteiger partial charge in [0.1, 0.15) is 17.3 Å². The molecule has 1 aliphatic carbocycles. The van der Waals surface area contributed by atoms with Crippen LogP contribution in [0.5, 0.6) is 0 Å². The number of fused-ring (bicyclic) bond motifs is 1. The molecule has 0 saturated heterocycles. The van der Waals surface area contributed by atoms with Crippen molar-refractivity contribution >= 4 is 17.3 Å². The summed E-state index contributed by atoms with van der Waals surface area (Å²) in [5.74, 6) is 1.66. The van der Waals surface area contributed by atoms with E-state index >= 15 is 0 Å². The Bertz CT molecular complexity index is 1030. The van der Waals surface area contributed by atoms with E-state index in [0.717, 1.165) is 41.6 Å². The molecule has 0 aliphatic heterocycles. The highest BCUT2D eigenvalue weighted by Crippen LogP contribution is 2.34. The molecule has 1 aromatic carbocycles. The fraction of sp³-hybridized carbons (Fsp3) is 0.174. The van der Waals surface area contributed by atoms with Crippen LogP contribution in [0, 0.1) is 0 Å². The predicted octanol–water partition coefficient (Wildman–Crippen LogP) is 5.22. The van der Waals surface area contributed by atoms with E-state index in [1.165, 1.54) is 24.1 Å². The van der Waals surface area contributed by atoms with E-state index in [9.17, 15) is 0 Å². The van der Waals surface area contributed by atoms with E-state index < -0.39 is 0 Å². The smallest absolute Gasteiger partial charge is 0.139 e. The fourth-order valence-corrected chi connectivity index (χ4v) is 3.82. The number of para-hydroxylation sites is 1. The number of nitrogens with zero attached hydrogens (tertiary/aromatic N) is 4. The van der Waals surface area contributed by atoms with E-state index in [4.69, 9.17) is 4.98 Å². The van der Waals surface area contributed by atoms with Crippen LogP contribution in [0.1, 0.15) is 24.1 Å². The highest BCUT2D eigenvalue weighted by atomic mass is 15.2. The minimum Gasteiger partial charge on any atom is -0.282 e. The zero-order valence-electron chi connectivity index (χ0n) is 15.5. The van der Waals surface area contributed by atoms with Crippen LogP contribution in [-0.4, -0.2) is 20.2 Å². The summed E-state index contributed by atoms with van der Waals surface area (Å²) in [7, 11) is 0. The summed E-state index contributed by atoms with van der Waals surface area (Å²) in [4.78, 5) is 11.6. The molecule has 3 aromatic heterocycles. The topological polar surface area (TPSA) is 57.7 Å². The molecule has 138 valence electrons. The summed E-state index contributed by atoms with van der Waals surface area (Å²) in [6, 6.07) is 22.2. The number of aromatic amines is 1. The number of benzene rings is 1. The molecule has 28 heavy (non-hydrogen) atoms. The average Bonchev–Trinajstić information content (AvgIpc) is 3.20. The number of rotatable bonds is 4. The third kappa shape index (κ3) is 3.05. The molecule has 0 radical (unpaired) electrons. The van der Waals surface area contributed by atoms with Gasteiger partial charge in [0.15, 0.2) is 0 Å². The Morgan fingerprint density at radius 2 is 1.61 bits per heavy atom. The van der Waals surface area contributed by atoms with E-state index in [1.807, 2.05) is 54.6 Å². The Morgan fingerprint density at radius 3 is 2.46 bits per heavy atom. The van der Waals surface area contributed by atoms with Gasteiger partial charge < -0.3 is 0 Å². The van der Waals surface area contributed by atoms with Crippen LogP contribution in [0.2, 0.25) is 0 Å². The summed E-state index contributed by atoms with van der Waals surface area (Å²) >= 11 is 0. The lowest BCUT2D eigenvalue weighted by Gasteiger charge is -2.23. The van der Waals surface area contributed by atoms with E-state index in [0.29, 0.717) is 0 Å². The van der Waals surface area contributed by atoms with Gasteiger partial charge in [0.25, 0.3) is 0 Å². The molecule has 0 atom stereocenters. The lowest BCUT2D eigenvalue weighted by Crippen LogP contribution is -2.13. The monoisotopic (exact) mass is 367 g/mol. The van der Waals surface area contributed by atoms with Crippen molar-refractivity contribution < 1.29 is 0 Å². The molecule has 3 heterocycles. The Morgan fingerprint density at radius 1 is 0.786 bits per heavy atom. The van der Waals surface area contributed by atoms with Gasteiger partial charge in [-0.25, -0.2) is 9.97 Å². The maximum absolute atomic E-state index is 4.98. The van der Waals surface area contributed by atoms with Gasteiger partial charge in [-0.3, -0.25) is 10.00 Å². The van der Waals surface area contributed by atoms with Gasteiger partial charge >= 0.3 is 0 Å². The second-order valence-corrected chi connectivity index (χ2v) is 6.98. The van der Waals surface area contributed by atoms with Gasteiger partial charge in [-0.1, -0.05) is 30.3 Å². The van der Waals surface area contributed by atoms with Crippen molar-refractivity contribution in [3.05, 3.63) is 84.2 Å². The van der Waals surface area contributed by atoms with Crippen LogP contribution in [-0.2, 0) is 12.8 Å². The normalized spacial score (nSPS) is 13.1. The maximum atomic E-state index is 4.98. The van der Waals surface area contributed by atoms with Crippen molar-refractivity contribution in [1.82, 2.24) is 20.2 Å². The Hall–Kier alpha value is -3.47. The van der Waals surface area contributed by atoms with Crippen molar-refractivity contribution in [2.45, 2.75) is 25.7 Å². The molecular weight excluding hydrogens is 346 g/mol. The van der Waals surface area contributed by atoms with Crippen LogP contribution >= 0.6 is 0 Å². The second kappa shape index (κ2) is 7.27. The summed E-state index contributed by atoms with van der Waals surface area (Å²) in [5.41, 5.74) is 5.48. The molecule has 0 spiro atoms. The van der Waals surface area contributed by atoms with Crippen LogP contribution in [0.25, 0.3) is 11.4 Å². The standard InChI is InChI=1S/C23H21N5/c1-2-9-17(10-3-1)28(21-14-6-7-16-24-21)22-15-8-13-20(25-22)23-18-11-4-5-12-19(18)26-27-23/h1-3,6-10,13-16H,4-5,11-12H2,(H,26,27). The number of hydrogen-bond acceptors (Lipinski definition) is 4. The molecule has 4 aromatic rings.